The van der Waals surface area contributed by atoms with Gasteiger partial charge in [0.15, 0.2) is 0 Å². The van der Waals surface area contributed by atoms with E-state index in [-0.39, 0.29) is 0 Å². The number of nitrogens with one attached hydrogen (secondary N) is 1. The highest BCUT2D eigenvalue weighted by atomic mass is 16.1. The molecule has 0 aliphatic rings. The first-order valence-corrected chi connectivity index (χ1v) is 3.47. The van der Waals surface area contributed by atoms with Crippen LogP contribution in [0.1, 0.15) is 6.42 Å². The predicted molar refractivity (Wildman–Crippen MR) is 41.2 cm³/mol. The zero-order valence-corrected chi connectivity index (χ0v) is 6.98. The lowest BCUT2D eigenvalue weighted by molar-refractivity contribution is -0.870. The first kappa shape index (κ1) is 9.43. The SMILES string of the molecule is C[N+](C)(C)CCCN[C]=O. The van der Waals surface area contributed by atoms with Crippen molar-refractivity contribution in [2.45, 2.75) is 6.42 Å². The summed E-state index contributed by atoms with van der Waals surface area (Å²) in [5, 5.41) is 2.51. The maximum Gasteiger partial charge on any atom is 0.309 e. The van der Waals surface area contributed by atoms with E-state index >= 15 is 0 Å². The van der Waals surface area contributed by atoms with Crippen molar-refractivity contribution in [3.8, 4) is 0 Å². The van der Waals surface area contributed by atoms with E-state index in [1.165, 1.54) is 0 Å². The second kappa shape index (κ2) is 4.28. The molecular formula is C7H16N2O+. The van der Waals surface area contributed by atoms with Crippen LogP contribution in [-0.2, 0) is 4.79 Å². The molecule has 1 N–H and O–H groups in total. The quantitative estimate of drug-likeness (QED) is 0.321. The smallest absolute Gasteiger partial charge is 0.309 e. The Labute approximate surface area is 62.6 Å². The molecule has 0 unspecified atom stereocenters. The molecule has 0 rings (SSSR count). The van der Waals surface area contributed by atoms with Crippen LogP contribution in [0.3, 0.4) is 0 Å². The molecule has 1 radical (unpaired) electrons. The van der Waals surface area contributed by atoms with Gasteiger partial charge in [-0.1, -0.05) is 0 Å². The summed E-state index contributed by atoms with van der Waals surface area (Å²) in [6, 6.07) is 0. The van der Waals surface area contributed by atoms with Crippen molar-refractivity contribution in [2.24, 2.45) is 0 Å². The van der Waals surface area contributed by atoms with Gasteiger partial charge in [-0.25, -0.2) is 0 Å². The molecule has 0 heterocycles. The van der Waals surface area contributed by atoms with Crippen LogP contribution in [0.4, 0.5) is 0 Å². The van der Waals surface area contributed by atoms with E-state index < -0.39 is 0 Å². The van der Waals surface area contributed by atoms with Crippen molar-refractivity contribution in [1.82, 2.24) is 5.32 Å². The molecule has 0 spiro atoms. The van der Waals surface area contributed by atoms with Crippen LogP contribution in [0.5, 0.6) is 0 Å². The fraction of sp³-hybridized carbons (Fsp3) is 0.857. The van der Waals surface area contributed by atoms with Gasteiger partial charge >= 0.3 is 6.41 Å². The first-order valence-electron chi connectivity index (χ1n) is 3.47. The number of nitrogens with zero attached hydrogens (tertiary/aromatic N) is 1. The Hall–Kier alpha value is -0.570. The molecule has 3 heteroatoms. The van der Waals surface area contributed by atoms with Crippen LogP contribution in [0.25, 0.3) is 0 Å². The number of rotatable bonds is 5. The summed E-state index contributed by atoms with van der Waals surface area (Å²) in [4.78, 5) is 9.69. The third-order valence-corrected chi connectivity index (χ3v) is 1.20. The summed E-state index contributed by atoms with van der Waals surface area (Å²) in [6.45, 7) is 1.81. The van der Waals surface area contributed by atoms with E-state index in [9.17, 15) is 4.79 Å². The molecule has 0 aliphatic carbocycles. The van der Waals surface area contributed by atoms with Crippen LogP contribution in [0, 0.1) is 0 Å². The van der Waals surface area contributed by atoms with E-state index in [1.54, 1.807) is 6.41 Å². The second-order valence-electron chi connectivity index (χ2n) is 3.40. The van der Waals surface area contributed by atoms with Crippen molar-refractivity contribution in [3.05, 3.63) is 0 Å². The highest BCUT2D eigenvalue weighted by Gasteiger charge is 2.04. The molecule has 0 bridgehead atoms. The summed E-state index contributed by atoms with van der Waals surface area (Å²) < 4.78 is 0.945. The Kier molecular flexibility index (Phi) is 4.03. The van der Waals surface area contributed by atoms with E-state index in [1.807, 2.05) is 0 Å². The molecule has 59 valence electrons. The molecular weight excluding hydrogens is 128 g/mol. The number of carbonyl (C=O) groups excluding carboxylic acids is 1. The Morgan fingerprint density at radius 1 is 1.40 bits per heavy atom. The van der Waals surface area contributed by atoms with Crippen molar-refractivity contribution in [2.75, 3.05) is 34.2 Å². The Morgan fingerprint density at radius 2 is 2.00 bits per heavy atom. The standard InChI is InChI=1S/C7H16N2O/c1-9(2,3)6-4-5-8-7-10/h4-6H2,1-3H3,(H,8,10)/q+1. The second-order valence-corrected chi connectivity index (χ2v) is 3.40. The zero-order chi connectivity index (χ0) is 8.04. The molecule has 0 fully saturated rings. The highest BCUT2D eigenvalue weighted by molar-refractivity contribution is 5.46. The lowest BCUT2D eigenvalue weighted by Gasteiger charge is -2.23. The summed E-state index contributed by atoms with van der Waals surface area (Å²) in [7, 11) is 6.39. The number of quaternary nitrogens is 1. The molecule has 0 saturated heterocycles. The third-order valence-electron chi connectivity index (χ3n) is 1.20. The number of hydrogen-bond acceptors (Lipinski definition) is 1. The Balaban J connectivity index is 3.12. The minimum Gasteiger partial charge on any atom is -0.348 e. The minimum atomic E-state index is 0.735. The summed E-state index contributed by atoms with van der Waals surface area (Å²) in [5.74, 6) is 0. The van der Waals surface area contributed by atoms with Crippen molar-refractivity contribution >= 4 is 6.41 Å². The van der Waals surface area contributed by atoms with Gasteiger partial charge in [0.1, 0.15) is 0 Å². The van der Waals surface area contributed by atoms with Gasteiger partial charge in [-0.15, -0.1) is 0 Å². The van der Waals surface area contributed by atoms with E-state index in [0.717, 1.165) is 24.0 Å². The van der Waals surface area contributed by atoms with Gasteiger partial charge in [-0.2, -0.15) is 0 Å². The molecule has 0 aromatic heterocycles. The average molecular weight is 144 g/mol. The normalized spacial score (nSPS) is 11.1. The highest BCUT2D eigenvalue weighted by Crippen LogP contribution is 1.90. The van der Waals surface area contributed by atoms with Crippen LogP contribution in [0.2, 0.25) is 0 Å². The van der Waals surface area contributed by atoms with Gasteiger partial charge < -0.3 is 9.80 Å². The number of amides is 1. The molecule has 0 aliphatic heterocycles. The molecule has 1 amide bonds. The van der Waals surface area contributed by atoms with E-state index in [2.05, 4.69) is 26.5 Å². The topological polar surface area (TPSA) is 29.1 Å². The summed E-state index contributed by atoms with van der Waals surface area (Å²) in [6.07, 6.45) is 2.66. The molecule has 0 aromatic rings. The lowest BCUT2D eigenvalue weighted by atomic mass is 10.4. The van der Waals surface area contributed by atoms with Gasteiger partial charge in [0.05, 0.1) is 27.7 Å². The predicted octanol–water partition coefficient (Wildman–Crippen LogP) is -0.260. The number of hydrogen-bond donors (Lipinski definition) is 1. The van der Waals surface area contributed by atoms with E-state index in [0.29, 0.717) is 0 Å². The Morgan fingerprint density at radius 3 is 2.40 bits per heavy atom. The fourth-order valence-corrected chi connectivity index (χ4v) is 0.693. The van der Waals surface area contributed by atoms with Crippen molar-refractivity contribution < 1.29 is 9.28 Å². The molecule has 0 atom stereocenters. The van der Waals surface area contributed by atoms with Crippen LogP contribution < -0.4 is 5.32 Å². The average Bonchev–Trinajstić information content (AvgIpc) is 1.78. The van der Waals surface area contributed by atoms with Gasteiger partial charge in [-0.3, -0.25) is 4.79 Å². The molecule has 0 aromatic carbocycles. The van der Waals surface area contributed by atoms with Gasteiger partial charge in [0.2, 0.25) is 0 Å². The zero-order valence-electron chi connectivity index (χ0n) is 6.98. The minimum absolute atomic E-state index is 0.735. The maximum absolute atomic E-state index is 9.69. The molecule has 3 nitrogen and oxygen atoms in total. The van der Waals surface area contributed by atoms with Gasteiger partial charge in [-0.05, 0) is 0 Å². The largest absolute Gasteiger partial charge is 0.348 e. The molecule has 10 heavy (non-hydrogen) atoms. The van der Waals surface area contributed by atoms with E-state index in [4.69, 9.17) is 0 Å². The lowest BCUT2D eigenvalue weighted by Crippen LogP contribution is -2.36. The van der Waals surface area contributed by atoms with Gasteiger partial charge in [0, 0.05) is 13.0 Å². The summed E-state index contributed by atoms with van der Waals surface area (Å²) in [5.41, 5.74) is 0. The van der Waals surface area contributed by atoms with Crippen LogP contribution >= 0.6 is 0 Å². The van der Waals surface area contributed by atoms with Gasteiger partial charge in [0.25, 0.3) is 0 Å². The third kappa shape index (κ3) is 7.43. The summed E-state index contributed by atoms with van der Waals surface area (Å²) >= 11 is 0. The van der Waals surface area contributed by atoms with Crippen molar-refractivity contribution in [3.63, 3.8) is 0 Å². The first-order chi connectivity index (χ1) is 4.56. The van der Waals surface area contributed by atoms with Crippen molar-refractivity contribution in [1.29, 1.82) is 0 Å². The fourth-order valence-electron chi connectivity index (χ4n) is 0.693. The molecule has 0 saturated carbocycles. The van der Waals surface area contributed by atoms with Crippen LogP contribution in [0.15, 0.2) is 0 Å². The van der Waals surface area contributed by atoms with Crippen LogP contribution in [-0.4, -0.2) is 45.1 Å². The maximum atomic E-state index is 9.69. The Bertz CT molecular complexity index is 96.3. The monoisotopic (exact) mass is 144 g/mol.